The van der Waals surface area contributed by atoms with E-state index in [-0.39, 0.29) is 25.0 Å². The Labute approximate surface area is 91.7 Å². The molecule has 0 unspecified atom stereocenters. The van der Waals surface area contributed by atoms with E-state index in [9.17, 15) is 18.0 Å². The lowest BCUT2D eigenvalue weighted by atomic mass is 10.3. The molecule has 4 nitrogen and oxygen atoms in total. The summed E-state index contributed by atoms with van der Waals surface area (Å²) in [4.78, 5) is 10.8. The Morgan fingerprint density at radius 3 is 2.47 bits per heavy atom. The summed E-state index contributed by atoms with van der Waals surface area (Å²) in [5.74, 6) is -0.604. The van der Waals surface area contributed by atoms with Crippen LogP contribution < -0.4 is 11.1 Å². The molecule has 0 rings (SSSR count). The van der Waals surface area contributed by atoms with Crippen LogP contribution in [0.4, 0.5) is 13.2 Å². The molecule has 0 aliphatic carbocycles. The van der Waals surface area contributed by atoms with Crippen molar-refractivity contribution in [3.8, 4) is 0 Å². The molecule has 0 saturated carbocycles. The van der Waals surface area contributed by atoms with Crippen molar-refractivity contribution in [2.75, 3.05) is 19.8 Å². The summed E-state index contributed by atoms with van der Waals surface area (Å²) in [6.07, 6.45) is -4.40. The highest BCUT2D eigenvalue weighted by molar-refractivity contribution is 5.85. The number of nitrogens with two attached hydrogens (primary N) is 1. The highest BCUT2D eigenvalue weighted by Gasteiger charge is 2.27. The highest BCUT2D eigenvalue weighted by atomic mass is 35.5. The lowest BCUT2D eigenvalue weighted by Gasteiger charge is -2.11. The van der Waals surface area contributed by atoms with E-state index in [1.54, 1.807) is 6.92 Å². The Balaban J connectivity index is 0. The Hall–Kier alpha value is -0.530. The normalized spacial score (nSPS) is 12.9. The molecule has 0 aromatic carbocycles. The Morgan fingerprint density at radius 2 is 2.07 bits per heavy atom. The maximum Gasteiger partial charge on any atom is 0.411 e. The van der Waals surface area contributed by atoms with Crippen molar-refractivity contribution in [3.63, 3.8) is 0 Å². The molecule has 3 N–H and O–H groups in total. The number of carbonyl (C=O) groups excluding carboxylic acids is 1. The molecule has 1 atom stereocenters. The van der Waals surface area contributed by atoms with Gasteiger partial charge in [-0.1, -0.05) is 0 Å². The molecule has 0 saturated heterocycles. The van der Waals surface area contributed by atoms with Crippen LogP contribution in [0.15, 0.2) is 0 Å². The first-order valence-electron chi connectivity index (χ1n) is 3.99. The maximum atomic E-state index is 11.6. The van der Waals surface area contributed by atoms with Crippen LogP contribution in [0.5, 0.6) is 0 Å². The fourth-order valence-corrected chi connectivity index (χ4v) is 0.635. The third kappa shape index (κ3) is 11.4. The Kier molecular flexibility index (Phi) is 8.69. The van der Waals surface area contributed by atoms with E-state index in [0.29, 0.717) is 0 Å². The maximum absolute atomic E-state index is 11.6. The molecule has 15 heavy (non-hydrogen) atoms. The minimum absolute atomic E-state index is 0. The van der Waals surface area contributed by atoms with E-state index in [4.69, 9.17) is 5.73 Å². The summed E-state index contributed by atoms with van der Waals surface area (Å²) in [6, 6.07) is -0.267. The molecule has 1 amide bonds. The third-order valence-electron chi connectivity index (χ3n) is 1.26. The lowest BCUT2D eigenvalue weighted by molar-refractivity contribution is -0.175. The van der Waals surface area contributed by atoms with Crippen molar-refractivity contribution in [2.45, 2.75) is 19.1 Å². The van der Waals surface area contributed by atoms with Gasteiger partial charge in [0.25, 0.3) is 0 Å². The molecule has 0 aliphatic heterocycles. The number of nitrogens with one attached hydrogen (secondary N) is 1. The van der Waals surface area contributed by atoms with Crippen LogP contribution >= 0.6 is 12.4 Å². The first-order valence-corrected chi connectivity index (χ1v) is 3.99. The van der Waals surface area contributed by atoms with Gasteiger partial charge in [0.15, 0.2) is 0 Å². The summed E-state index contributed by atoms with van der Waals surface area (Å²) in [6.45, 7) is -0.159. The number of ether oxygens (including phenoxy) is 1. The predicted molar refractivity (Wildman–Crippen MR) is 50.8 cm³/mol. The first kappa shape index (κ1) is 16.9. The van der Waals surface area contributed by atoms with Crippen molar-refractivity contribution in [3.05, 3.63) is 0 Å². The van der Waals surface area contributed by atoms with Gasteiger partial charge in [-0.05, 0) is 6.92 Å². The molecule has 0 fully saturated rings. The van der Waals surface area contributed by atoms with Gasteiger partial charge < -0.3 is 15.8 Å². The van der Waals surface area contributed by atoms with Crippen molar-refractivity contribution in [1.29, 1.82) is 0 Å². The number of hydrogen-bond acceptors (Lipinski definition) is 3. The average Bonchev–Trinajstić information content (AvgIpc) is 2.01. The molecule has 0 heterocycles. The third-order valence-corrected chi connectivity index (χ3v) is 1.26. The molecule has 0 aromatic heterocycles. The van der Waals surface area contributed by atoms with Crippen LogP contribution in [0.2, 0.25) is 0 Å². The fourth-order valence-electron chi connectivity index (χ4n) is 0.635. The van der Waals surface area contributed by atoms with Gasteiger partial charge in [-0.3, -0.25) is 4.79 Å². The molecule has 0 aromatic rings. The second-order valence-electron chi connectivity index (χ2n) is 2.81. The predicted octanol–water partition coefficient (Wildman–Crippen LogP) is 0.450. The number of alkyl halides is 3. The van der Waals surface area contributed by atoms with Gasteiger partial charge in [0.2, 0.25) is 5.91 Å². The van der Waals surface area contributed by atoms with Gasteiger partial charge in [0, 0.05) is 12.6 Å². The van der Waals surface area contributed by atoms with Gasteiger partial charge in [-0.15, -0.1) is 12.4 Å². The SMILES string of the molecule is C[C@@H](CN)NC(=O)COCC(F)(F)F.Cl. The summed E-state index contributed by atoms with van der Waals surface area (Å²) >= 11 is 0. The van der Waals surface area contributed by atoms with E-state index >= 15 is 0 Å². The van der Waals surface area contributed by atoms with E-state index in [1.165, 1.54) is 0 Å². The number of hydrogen-bond donors (Lipinski definition) is 2. The van der Waals surface area contributed by atoms with Crippen LogP contribution in [-0.4, -0.2) is 37.9 Å². The van der Waals surface area contributed by atoms with Gasteiger partial charge in [-0.25, -0.2) is 0 Å². The molecule has 0 bridgehead atoms. The summed E-state index contributed by atoms with van der Waals surface area (Å²) in [5, 5.41) is 2.36. The van der Waals surface area contributed by atoms with Crippen LogP contribution in [0.25, 0.3) is 0 Å². The number of halogens is 4. The van der Waals surface area contributed by atoms with Crippen molar-refractivity contribution in [1.82, 2.24) is 5.32 Å². The molecule has 92 valence electrons. The van der Waals surface area contributed by atoms with E-state index < -0.39 is 25.3 Å². The summed E-state index contributed by atoms with van der Waals surface area (Å²) in [5.41, 5.74) is 5.18. The first-order chi connectivity index (χ1) is 6.35. The number of amides is 1. The fraction of sp³-hybridized carbons (Fsp3) is 0.857. The second kappa shape index (κ2) is 7.72. The zero-order valence-corrected chi connectivity index (χ0v) is 8.95. The lowest BCUT2D eigenvalue weighted by Crippen LogP contribution is -2.40. The Morgan fingerprint density at radius 1 is 1.53 bits per heavy atom. The standard InChI is InChI=1S/C7H13F3N2O2.ClH/c1-5(2-11)12-6(13)3-14-4-7(8,9)10;/h5H,2-4,11H2,1H3,(H,12,13);1H/t5-;/m0./s1. The highest BCUT2D eigenvalue weighted by Crippen LogP contribution is 2.13. The zero-order valence-electron chi connectivity index (χ0n) is 8.13. The minimum atomic E-state index is -4.40. The molecular weight excluding hydrogens is 237 g/mol. The molecule has 0 radical (unpaired) electrons. The van der Waals surface area contributed by atoms with Gasteiger partial charge >= 0.3 is 6.18 Å². The van der Waals surface area contributed by atoms with E-state index in [0.717, 1.165) is 0 Å². The quantitative estimate of drug-likeness (QED) is 0.745. The zero-order chi connectivity index (χ0) is 11.2. The Bertz CT molecular complexity index is 190. The summed E-state index contributed by atoms with van der Waals surface area (Å²) < 4.78 is 38.8. The van der Waals surface area contributed by atoms with Crippen LogP contribution in [-0.2, 0) is 9.53 Å². The average molecular weight is 251 g/mol. The summed E-state index contributed by atoms with van der Waals surface area (Å²) in [7, 11) is 0. The number of rotatable bonds is 5. The van der Waals surface area contributed by atoms with Gasteiger partial charge in [-0.2, -0.15) is 13.2 Å². The minimum Gasteiger partial charge on any atom is -0.362 e. The van der Waals surface area contributed by atoms with Crippen LogP contribution in [0.3, 0.4) is 0 Å². The van der Waals surface area contributed by atoms with Crippen LogP contribution in [0.1, 0.15) is 6.92 Å². The molecule has 8 heteroatoms. The van der Waals surface area contributed by atoms with Crippen molar-refractivity contribution < 1.29 is 22.7 Å². The van der Waals surface area contributed by atoms with Crippen molar-refractivity contribution >= 4 is 18.3 Å². The second-order valence-corrected chi connectivity index (χ2v) is 2.81. The van der Waals surface area contributed by atoms with E-state index in [2.05, 4.69) is 10.1 Å². The number of carbonyl (C=O) groups is 1. The molecule has 0 spiro atoms. The largest absolute Gasteiger partial charge is 0.411 e. The van der Waals surface area contributed by atoms with Crippen molar-refractivity contribution in [2.24, 2.45) is 5.73 Å². The van der Waals surface area contributed by atoms with Crippen LogP contribution in [0, 0.1) is 0 Å². The molecular formula is C7H14ClF3N2O2. The van der Waals surface area contributed by atoms with E-state index in [1.807, 2.05) is 0 Å². The topological polar surface area (TPSA) is 64.3 Å². The monoisotopic (exact) mass is 250 g/mol. The van der Waals surface area contributed by atoms with Gasteiger partial charge in [0.05, 0.1) is 0 Å². The van der Waals surface area contributed by atoms with Gasteiger partial charge in [0.1, 0.15) is 13.2 Å². The smallest absolute Gasteiger partial charge is 0.362 e. The molecule has 0 aliphatic rings.